The summed E-state index contributed by atoms with van der Waals surface area (Å²) in [4.78, 5) is 2.49. The van der Waals surface area contributed by atoms with Crippen molar-refractivity contribution in [3.63, 3.8) is 0 Å². The highest BCUT2D eigenvalue weighted by atomic mass is 79.9. The Hall–Kier alpha value is -0.530. The van der Waals surface area contributed by atoms with Gasteiger partial charge in [-0.15, -0.1) is 0 Å². The lowest BCUT2D eigenvalue weighted by Crippen LogP contribution is -2.56. The first-order chi connectivity index (χ1) is 10.2. The molecule has 0 bridgehead atoms. The highest BCUT2D eigenvalue weighted by Gasteiger charge is 2.35. The number of nitrogens with zero attached hydrogens (tertiary/aromatic N) is 1. The Morgan fingerprint density at radius 2 is 2.38 bits per heavy atom. The number of morpholine rings is 1. The van der Waals surface area contributed by atoms with E-state index in [-0.39, 0.29) is 18.0 Å². The Morgan fingerprint density at radius 3 is 3.19 bits per heavy atom. The van der Waals surface area contributed by atoms with Gasteiger partial charge in [0.15, 0.2) is 0 Å². The van der Waals surface area contributed by atoms with E-state index in [0.29, 0.717) is 12.5 Å². The third kappa shape index (κ3) is 3.46. The van der Waals surface area contributed by atoms with Gasteiger partial charge in [0.1, 0.15) is 5.82 Å². The van der Waals surface area contributed by atoms with Crippen LogP contribution in [0.5, 0.6) is 0 Å². The maximum absolute atomic E-state index is 13.4. The quantitative estimate of drug-likeness (QED) is 0.637. The number of fused-ring (bicyclic) bond motifs is 1. The molecule has 0 aromatic heterocycles. The summed E-state index contributed by atoms with van der Waals surface area (Å²) in [6.07, 6.45) is 3.15. The lowest BCUT2D eigenvalue weighted by Gasteiger charge is -2.38. The highest BCUT2D eigenvalue weighted by Crippen LogP contribution is 2.26. The van der Waals surface area contributed by atoms with E-state index in [2.05, 4.69) is 26.3 Å². The van der Waals surface area contributed by atoms with Crippen molar-refractivity contribution in [2.75, 3.05) is 19.7 Å². The first-order valence-corrected chi connectivity index (χ1v) is 8.22. The molecule has 2 aliphatic heterocycles. The molecule has 0 spiro atoms. The van der Waals surface area contributed by atoms with Crippen LogP contribution in [0, 0.1) is 5.82 Å². The minimum atomic E-state index is -0.229. The molecule has 3 N–H and O–H groups in total. The van der Waals surface area contributed by atoms with E-state index < -0.39 is 0 Å². The molecule has 2 fully saturated rings. The van der Waals surface area contributed by atoms with Gasteiger partial charge in [-0.05, 0) is 49.6 Å². The Balaban J connectivity index is 1.68. The second kappa shape index (κ2) is 6.71. The smallest absolute Gasteiger partial charge is 0.123 e. The number of nitrogens with one attached hydrogen (secondary N) is 1. The Morgan fingerprint density at radius 1 is 1.52 bits per heavy atom. The zero-order chi connectivity index (χ0) is 14.8. The van der Waals surface area contributed by atoms with E-state index in [1.807, 2.05) is 0 Å². The average Bonchev–Trinajstić information content (AvgIpc) is 2.95. The summed E-state index contributed by atoms with van der Waals surface area (Å²) in [7, 11) is 0. The van der Waals surface area contributed by atoms with Crippen LogP contribution in [0.1, 0.15) is 18.4 Å². The molecule has 0 aliphatic carbocycles. The third-order valence-corrected chi connectivity index (χ3v) is 5.30. The van der Waals surface area contributed by atoms with Crippen molar-refractivity contribution in [2.45, 2.75) is 37.5 Å². The van der Waals surface area contributed by atoms with E-state index in [0.717, 1.165) is 29.7 Å². The Kier molecular flexibility index (Phi) is 4.91. The van der Waals surface area contributed by atoms with Crippen molar-refractivity contribution < 1.29 is 9.13 Å². The minimum absolute atomic E-state index is 0.0235. The van der Waals surface area contributed by atoms with Gasteiger partial charge in [-0.25, -0.2) is 4.39 Å². The van der Waals surface area contributed by atoms with E-state index in [1.165, 1.54) is 18.9 Å². The van der Waals surface area contributed by atoms with Crippen LogP contribution >= 0.6 is 15.9 Å². The lowest BCUT2D eigenvalue weighted by atomic mass is 10.00. The third-order valence-electron chi connectivity index (χ3n) is 4.53. The summed E-state index contributed by atoms with van der Waals surface area (Å²) in [5.41, 5.74) is 3.76. The largest absolute Gasteiger partial charge is 0.374 e. The van der Waals surface area contributed by atoms with Gasteiger partial charge >= 0.3 is 0 Å². The van der Waals surface area contributed by atoms with Crippen molar-refractivity contribution in [1.82, 2.24) is 10.3 Å². The molecular formula is C15H21BrFN3O. The van der Waals surface area contributed by atoms with Gasteiger partial charge in [0.2, 0.25) is 0 Å². The standard InChI is InChI=1S/C15H21BrFN3O/c16-13-4-3-11(17)6-10(13)7-14(19-18)15-8-20-5-1-2-12(20)9-21-15/h3-4,6,12,14-15,19H,1-2,5,7-9,18H2. The zero-order valence-electron chi connectivity index (χ0n) is 11.9. The Bertz CT molecular complexity index is 502. The molecule has 1 aromatic rings. The van der Waals surface area contributed by atoms with Gasteiger partial charge < -0.3 is 4.74 Å². The molecule has 116 valence electrons. The number of halogens is 2. The van der Waals surface area contributed by atoms with Gasteiger partial charge in [-0.2, -0.15) is 0 Å². The van der Waals surface area contributed by atoms with E-state index in [1.54, 1.807) is 12.1 Å². The van der Waals surface area contributed by atoms with E-state index in [4.69, 9.17) is 10.6 Å². The number of ether oxygens (including phenoxy) is 1. The first kappa shape index (κ1) is 15.4. The number of hydrogen-bond donors (Lipinski definition) is 2. The molecule has 0 amide bonds. The van der Waals surface area contributed by atoms with Crippen LogP contribution < -0.4 is 11.3 Å². The Labute approximate surface area is 132 Å². The van der Waals surface area contributed by atoms with Crippen LogP contribution in [0.3, 0.4) is 0 Å². The van der Waals surface area contributed by atoms with Gasteiger partial charge in [-0.3, -0.25) is 16.2 Å². The van der Waals surface area contributed by atoms with E-state index >= 15 is 0 Å². The van der Waals surface area contributed by atoms with Gasteiger partial charge in [-0.1, -0.05) is 15.9 Å². The molecule has 1 aromatic carbocycles. The van der Waals surface area contributed by atoms with E-state index in [9.17, 15) is 4.39 Å². The monoisotopic (exact) mass is 357 g/mol. The SMILES string of the molecule is NNC(Cc1cc(F)ccc1Br)C1CN2CCCC2CO1. The van der Waals surface area contributed by atoms with Crippen molar-refractivity contribution >= 4 is 15.9 Å². The minimum Gasteiger partial charge on any atom is -0.374 e. The summed E-state index contributed by atoms with van der Waals surface area (Å²) < 4.78 is 20.3. The summed E-state index contributed by atoms with van der Waals surface area (Å²) in [5, 5.41) is 0. The molecule has 3 rings (SSSR count). The number of rotatable bonds is 4. The van der Waals surface area contributed by atoms with Crippen molar-refractivity contribution in [3.8, 4) is 0 Å². The van der Waals surface area contributed by atoms with Crippen LogP contribution in [0.4, 0.5) is 4.39 Å². The number of benzene rings is 1. The fourth-order valence-corrected chi connectivity index (χ4v) is 3.73. The summed E-state index contributed by atoms with van der Waals surface area (Å²) in [6, 6.07) is 5.28. The highest BCUT2D eigenvalue weighted by molar-refractivity contribution is 9.10. The van der Waals surface area contributed by atoms with Gasteiger partial charge in [0.25, 0.3) is 0 Å². The van der Waals surface area contributed by atoms with Gasteiger partial charge in [0.05, 0.1) is 18.8 Å². The second-order valence-corrected chi connectivity index (χ2v) is 6.73. The zero-order valence-corrected chi connectivity index (χ0v) is 13.5. The fourth-order valence-electron chi connectivity index (χ4n) is 3.32. The molecule has 21 heavy (non-hydrogen) atoms. The molecule has 6 heteroatoms. The topological polar surface area (TPSA) is 50.5 Å². The second-order valence-electron chi connectivity index (χ2n) is 5.88. The maximum atomic E-state index is 13.4. The molecule has 4 nitrogen and oxygen atoms in total. The predicted molar refractivity (Wildman–Crippen MR) is 83.3 cm³/mol. The average molecular weight is 358 g/mol. The number of nitrogens with two attached hydrogens (primary N) is 1. The van der Waals surface area contributed by atoms with Crippen LogP contribution in [0.25, 0.3) is 0 Å². The molecule has 0 radical (unpaired) electrons. The molecule has 0 saturated carbocycles. The number of hydrazine groups is 1. The van der Waals surface area contributed by atoms with Gasteiger partial charge in [0, 0.05) is 17.1 Å². The van der Waals surface area contributed by atoms with Crippen molar-refractivity contribution in [2.24, 2.45) is 5.84 Å². The normalized spacial score (nSPS) is 27.6. The summed E-state index contributed by atoms with van der Waals surface area (Å²) in [5.74, 6) is 5.49. The molecule has 2 heterocycles. The first-order valence-electron chi connectivity index (χ1n) is 7.43. The molecule has 2 aliphatic rings. The van der Waals surface area contributed by atoms with Crippen LogP contribution in [-0.4, -0.2) is 42.8 Å². The molecule has 3 atom stereocenters. The predicted octanol–water partition coefficient (Wildman–Crippen LogP) is 1.83. The summed E-state index contributed by atoms with van der Waals surface area (Å²) >= 11 is 3.47. The molecule has 3 unspecified atom stereocenters. The van der Waals surface area contributed by atoms with Crippen molar-refractivity contribution in [1.29, 1.82) is 0 Å². The summed E-state index contributed by atoms with van der Waals surface area (Å²) in [6.45, 7) is 2.81. The lowest BCUT2D eigenvalue weighted by molar-refractivity contribution is -0.0644. The maximum Gasteiger partial charge on any atom is 0.123 e. The number of hydrogen-bond acceptors (Lipinski definition) is 4. The van der Waals surface area contributed by atoms with Crippen LogP contribution in [0.2, 0.25) is 0 Å². The molecular weight excluding hydrogens is 337 g/mol. The van der Waals surface area contributed by atoms with Crippen LogP contribution in [-0.2, 0) is 11.2 Å². The molecule has 2 saturated heterocycles. The fraction of sp³-hybridized carbons (Fsp3) is 0.600. The van der Waals surface area contributed by atoms with Crippen molar-refractivity contribution in [3.05, 3.63) is 34.1 Å². The van der Waals surface area contributed by atoms with Crippen LogP contribution in [0.15, 0.2) is 22.7 Å².